The molecule has 6 heteroatoms. The second-order valence-electron chi connectivity index (χ2n) is 8.04. The summed E-state index contributed by atoms with van der Waals surface area (Å²) in [5.74, 6) is 1.08. The van der Waals surface area contributed by atoms with Crippen molar-refractivity contribution in [3.63, 3.8) is 0 Å². The van der Waals surface area contributed by atoms with Gasteiger partial charge in [-0.3, -0.25) is 4.79 Å². The van der Waals surface area contributed by atoms with Gasteiger partial charge in [-0.2, -0.15) is 0 Å². The molecule has 2 aromatic carbocycles. The van der Waals surface area contributed by atoms with Crippen LogP contribution >= 0.6 is 0 Å². The fraction of sp³-hybridized carbons (Fsp3) is 0.308. The molecule has 0 spiro atoms. The number of nitrogens with zero attached hydrogens (tertiary/aromatic N) is 3. The Labute approximate surface area is 188 Å². The van der Waals surface area contributed by atoms with Gasteiger partial charge in [-0.15, -0.1) is 0 Å². The molecular weight excluding hydrogens is 400 g/mol. The first kappa shape index (κ1) is 21.7. The molecule has 164 valence electrons. The number of carbonyl (C=O) groups is 1. The van der Waals surface area contributed by atoms with Gasteiger partial charge in [0.1, 0.15) is 5.52 Å². The summed E-state index contributed by atoms with van der Waals surface area (Å²) in [5.41, 5.74) is 3.92. The van der Waals surface area contributed by atoms with Crippen LogP contribution in [0.2, 0.25) is 0 Å². The quantitative estimate of drug-likeness (QED) is 0.347. The van der Waals surface area contributed by atoms with Gasteiger partial charge in [-0.05, 0) is 37.6 Å². The van der Waals surface area contributed by atoms with Gasteiger partial charge in [0.25, 0.3) is 5.91 Å². The Morgan fingerprint density at radius 3 is 2.66 bits per heavy atom. The summed E-state index contributed by atoms with van der Waals surface area (Å²) < 4.78 is 6.03. The van der Waals surface area contributed by atoms with E-state index in [0.29, 0.717) is 23.8 Å². The third-order valence-corrected chi connectivity index (χ3v) is 5.55. The second kappa shape index (κ2) is 10.2. The molecule has 4 aromatic rings. The van der Waals surface area contributed by atoms with Gasteiger partial charge >= 0.3 is 0 Å². The fourth-order valence-corrected chi connectivity index (χ4v) is 3.81. The van der Waals surface area contributed by atoms with Crippen molar-refractivity contribution in [3.05, 3.63) is 77.9 Å². The van der Waals surface area contributed by atoms with Crippen molar-refractivity contribution in [2.45, 2.75) is 45.4 Å². The predicted molar refractivity (Wildman–Crippen MR) is 125 cm³/mol. The number of carbonyl (C=O) groups excluding carboxylic acids is 1. The van der Waals surface area contributed by atoms with Crippen LogP contribution in [0.3, 0.4) is 0 Å². The summed E-state index contributed by atoms with van der Waals surface area (Å²) in [4.78, 5) is 26.5. The molecule has 0 fully saturated rings. The largest absolute Gasteiger partial charge is 0.440 e. The molecule has 6 nitrogen and oxygen atoms in total. The van der Waals surface area contributed by atoms with Crippen molar-refractivity contribution >= 4 is 17.0 Å². The molecule has 0 aliphatic heterocycles. The number of nitrogens with one attached hydrogen (secondary N) is 1. The zero-order valence-electron chi connectivity index (χ0n) is 18.5. The Morgan fingerprint density at radius 1 is 1.06 bits per heavy atom. The minimum atomic E-state index is -0.146. The minimum absolute atomic E-state index is 0.0131. The summed E-state index contributed by atoms with van der Waals surface area (Å²) in [6, 6.07) is 15.3. The van der Waals surface area contributed by atoms with Gasteiger partial charge in [0.15, 0.2) is 17.3 Å². The highest BCUT2D eigenvalue weighted by atomic mass is 16.3. The molecule has 1 amide bonds. The van der Waals surface area contributed by atoms with Crippen LogP contribution in [0.25, 0.3) is 22.5 Å². The molecule has 1 N–H and O–H groups in total. The molecular formula is C26H28N4O2. The van der Waals surface area contributed by atoms with Crippen LogP contribution in [-0.4, -0.2) is 27.4 Å². The Kier molecular flexibility index (Phi) is 6.90. The Hall–Kier alpha value is -3.54. The maximum absolute atomic E-state index is 13.2. The zero-order chi connectivity index (χ0) is 22.3. The van der Waals surface area contributed by atoms with Crippen molar-refractivity contribution in [3.8, 4) is 11.4 Å². The number of hydrogen-bond acceptors (Lipinski definition) is 5. The SMILES string of the molecule is CCCCC[C@@H](CNC(=O)c1cc(C)ccc1-c1ncccn1)c1nc2ccccc2o1. The van der Waals surface area contributed by atoms with Crippen molar-refractivity contribution in [2.75, 3.05) is 6.54 Å². The number of oxazole rings is 1. The Morgan fingerprint density at radius 2 is 1.88 bits per heavy atom. The molecule has 2 heterocycles. The van der Waals surface area contributed by atoms with E-state index in [-0.39, 0.29) is 11.8 Å². The maximum atomic E-state index is 13.2. The number of fused-ring (bicyclic) bond motifs is 1. The average molecular weight is 429 g/mol. The van der Waals surface area contributed by atoms with E-state index in [4.69, 9.17) is 4.42 Å². The maximum Gasteiger partial charge on any atom is 0.252 e. The van der Waals surface area contributed by atoms with Gasteiger partial charge in [0.2, 0.25) is 0 Å². The first-order chi connectivity index (χ1) is 15.7. The number of aromatic nitrogens is 3. The summed E-state index contributed by atoms with van der Waals surface area (Å²) in [7, 11) is 0. The Balaban J connectivity index is 1.55. The van der Waals surface area contributed by atoms with E-state index in [1.807, 2.05) is 49.4 Å². The van der Waals surface area contributed by atoms with Crippen molar-refractivity contribution in [2.24, 2.45) is 0 Å². The van der Waals surface area contributed by atoms with Gasteiger partial charge in [0.05, 0.1) is 11.5 Å². The smallest absolute Gasteiger partial charge is 0.252 e. The van der Waals surface area contributed by atoms with Crippen molar-refractivity contribution in [1.29, 1.82) is 0 Å². The Bertz CT molecular complexity index is 1150. The standard InChI is InChI=1S/C26H28N4O2/c1-3-4-5-9-19(26-30-22-10-6-7-11-23(22)32-26)17-29-25(31)21-16-18(2)12-13-20(21)24-27-14-8-15-28-24/h6-8,10-16,19H,3-5,9,17H2,1-2H3,(H,29,31)/t19-/m0/s1. The van der Waals surface area contributed by atoms with E-state index in [1.54, 1.807) is 18.5 Å². The lowest BCUT2D eigenvalue weighted by molar-refractivity contribution is 0.0950. The average Bonchev–Trinajstić information content (AvgIpc) is 3.25. The van der Waals surface area contributed by atoms with Crippen LogP contribution in [0.4, 0.5) is 0 Å². The van der Waals surface area contributed by atoms with Gasteiger partial charge in [-0.25, -0.2) is 15.0 Å². The second-order valence-corrected chi connectivity index (χ2v) is 8.04. The first-order valence-electron chi connectivity index (χ1n) is 11.2. The molecule has 1 atom stereocenters. The van der Waals surface area contributed by atoms with E-state index in [9.17, 15) is 4.79 Å². The zero-order valence-corrected chi connectivity index (χ0v) is 18.5. The van der Waals surface area contributed by atoms with Gasteiger partial charge < -0.3 is 9.73 Å². The predicted octanol–water partition coefficient (Wildman–Crippen LogP) is 5.69. The number of benzene rings is 2. The van der Waals surface area contributed by atoms with Gasteiger partial charge in [-0.1, -0.05) is 56.0 Å². The molecule has 0 saturated carbocycles. The van der Waals surface area contributed by atoms with E-state index in [0.717, 1.165) is 47.9 Å². The van der Waals surface area contributed by atoms with Crippen LogP contribution in [0.5, 0.6) is 0 Å². The van der Waals surface area contributed by atoms with E-state index in [2.05, 4.69) is 27.2 Å². The topological polar surface area (TPSA) is 80.9 Å². The van der Waals surface area contributed by atoms with E-state index in [1.165, 1.54) is 0 Å². The number of para-hydroxylation sites is 2. The highest BCUT2D eigenvalue weighted by Crippen LogP contribution is 2.26. The lowest BCUT2D eigenvalue weighted by atomic mass is 10.00. The lowest BCUT2D eigenvalue weighted by Crippen LogP contribution is -2.29. The summed E-state index contributed by atoms with van der Waals surface area (Å²) in [5, 5.41) is 3.11. The monoisotopic (exact) mass is 428 g/mol. The summed E-state index contributed by atoms with van der Waals surface area (Å²) in [6.45, 7) is 4.61. The normalized spacial score (nSPS) is 12.1. The lowest BCUT2D eigenvalue weighted by Gasteiger charge is -2.16. The number of rotatable bonds is 9. The number of amides is 1. The highest BCUT2D eigenvalue weighted by Gasteiger charge is 2.21. The van der Waals surface area contributed by atoms with Gasteiger partial charge in [0, 0.05) is 24.5 Å². The van der Waals surface area contributed by atoms with E-state index >= 15 is 0 Å². The molecule has 4 rings (SSSR count). The molecule has 0 bridgehead atoms. The van der Waals surface area contributed by atoms with Crippen LogP contribution in [0.1, 0.15) is 60.3 Å². The van der Waals surface area contributed by atoms with Crippen LogP contribution in [0, 0.1) is 6.92 Å². The van der Waals surface area contributed by atoms with Crippen LogP contribution < -0.4 is 5.32 Å². The van der Waals surface area contributed by atoms with Crippen molar-refractivity contribution < 1.29 is 9.21 Å². The molecule has 0 unspecified atom stereocenters. The van der Waals surface area contributed by atoms with E-state index < -0.39 is 0 Å². The molecule has 32 heavy (non-hydrogen) atoms. The first-order valence-corrected chi connectivity index (χ1v) is 11.2. The molecule has 0 aliphatic rings. The van der Waals surface area contributed by atoms with Crippen LogP contribution in [0.15, 0.2) is 65.3 Å². The van der Waals surface area contributed by atoms with Crippen molar-refractivity contribution in [1.82, 2.24) is 20.3 Å². The number of aryl methyl sites for hydroxylation is 1. The van der Waals surface area contributed by atoms with Crippen LogP contribution in [-0.2, 0) is 0 Å². The molecule has 2 aromatic heterocycles. The third kappa shape index (κ3) is 5.02. The third-order valence-electron chi connectivity index (χ3n) is 5.55. The molecule has 0 radical (unpaired) electrons. The fourth-order valence-electron chi connectivity index (χ4n) is 3.81. The summed E-state index contributed by atoms with van der Waals surface area (Å²) >= 11 is 0. The molecule has 0 aliphatic carbocycles. The number of hydrogen-bond donors (Lipinski definition) is 1. The highest BCUT2D eigenvalue weighted by molar-refractivity contribution is 6.00. The minimum Gasteiger partial charge on any atom is -0.440 e. The summed E-state index contributed by atoms with van der Waals surface area (Å²) in [6.07, 6.45) is 7.60. The number of unbranched alkanes of at least 4 members (excludes halogenated alkanes) is 2. The molecule has 0 saturated heterocycles.